The van der Waals surface area contributed by atoms with Crippen LogP contribution in [0.15, 0.2) is 23.3 Å². The molecule has 2 unspecified atom stereocenters. The summed E-state index contributed by atoms with van der Waals surface area (Å²) in [7, 11) is 1.74. The molecule has 0 amide bonds. The molecule has 4 rings (SSSR count). The zero-order valence-electron chi connectivity index (χ0n) is 21.4. The molecule has 2 aromatic rings. The van der Waals surface area contributed by atoms with E-state index in [1.807, 2.05) is 6.07 Å². The SMILES string of the molecule is COCC(C)NC1CCC([AsH]c2cc(-c3c[nH]c(=O)c(OCC4(C#N)CCOCC4)n3)c(Cl)cn2)CC1. The summed E-state index contributed by atoms with van der Waals surface area (Å²) in [6.07, 6.45) is 9.07. The Morgan fingerprint density at radius 3 is 2.81 bits per heavy atom. The summed E-state index contributed by atoms with van der Waals surface area (Å²) in [5.74, 6) is -0.0578. The van der Waals surface area contributed by atoms with E-state index < -0.39 is 26.7 Å². The number of pyridine rings is 1. The Kier molecular flexibility index (Phi) is 10.0. The van der Waals surface area contributed by atoms with Crippen LogP contribution in [0.4, 0.5) is 0 Å². The van der Waals surface area contributed by atoms with Crippen LogP contribution < -0.4 is 20.1 Å². The van der Waals surface area contributed by atoms with E-state index in [2.05, 4.69) is 33.3 Å². The summed E-state index contributed by atoms with van der Waals surface area (Å²) in [6.45, 7) is 3.99. The third kappa shape index (κ3) is 7.55. The molecule has 2 N–H and O–H groups in total. The molecule has 9 nitrogen and oxygen atoms in total. The number of halogens is 1. The van der Waals surface area contributed by atoms with Crippen LogP contribution in [0.25, 0.3) is 11.3 Å². The van der Waals surface area contributed by atoms with Gasteiger partial charge in [-0.25, -0.2) is 0 Å². The number of aromatic nitrogens is 3. The molecule has 1 aliphatic heterocycles. The Hall–Kier alpha value is -1.95. The number of aromatic amines is 1. The predicted molar refractivity (Wildman–Crippen MR) is 144 cm³/mol. The topological polar surface area (TPSA) is 122 Å². The predicted octanol–water partition coefficient (Wildman–Crippen LogP) is 2.60. The second-order valence-corrected chi connectivity index (χ2v) is 13.8. The number of nitrogens with zero attached hydrogens (tertiary/aromatic N) is 3. The molecule has 1 saturated heterocycles. The molecular formula is C26H35AsClN5O4. The minimum atomic E-state index is -0.675. The van der Waals surface area contributed by atoms with Gasteiger partial charge in [0.15, 0.2) is 0 Å². The fourth-order valence-electron chi connectivity index (χ4n) is 4.91. The molecule has 2 aliphatic rings. The van der Waals surface area contributed by atoms with Gasteiger partial charge in [0, 0.05) is 0 Å². The van der Waals surface area contributed by atoms with Crippen molar-refractivity contribution in [3.05, 3.63) is 33.8 Å². The second kappa shape index (κ2) is 13.2. The molecule has 1 saturated carbocycles. The van der Waals surface area contributed by atoms with Gasteiger partial charge >= 0.3 is 230 Å². The quantitative estimate of drug-likeness (QED) is 0.405. The Balaban J connectivity index is 1.41. The standard InChI is InChI=1S/C26H35AsClN5O4/c1-17(14-35-2)32-19-5-3-18(4-6-19)27-23-11-20(21(28)12-30-23)22-13-31-24(34)25(33-22)37-16-26(15-29)7-9-36-10-8-26/h11-13,17-19,27,32H,3-10,14,16H2,1-2H3,(H,31,34). The maximum atomic E-state index is 12.4. The molecule has 2 atom stereocenters. The van der Waals surface area contributed by atoms with Crippen LogP contribution in [0.2, 0.25) is 9.73 Å². The first-order chi connectivity index (χ1) is 17.9. The van der Waals surface area contributed by atoms with Crippen molar-refractivity contribution in [2.24, 2.45) is 5.41 Å². The van der Waals surface area contributed by atoms with E-state index in [4.69, 9.17) is 25.8 Å². The third-order valence-electron chi connectivity index (χ3n) is 7.08. The number of hydrogen-bond donors (Lipinski definition) is 2. The van der Waals surface area contributed by atoms with Gasteiger partial charge in [-0.15, -0.1) is 0 Å². The summed E-state index contributed by atoms with van der Waals surface area (Å²) in [5, 5.41) is 13.8. The van der Waals surface area contributed by atoms with Crippen molar-refractivity contribution in [2.45, 2.75) is 62.2 Å². The second-order valence-electron chi connectivity index (χ2n) is 9.98. The van der Waals surface area contributed by atoms with E-state index in [1.165, 1.54) is 25.7 Å². The summed E-state index contributed by atoms with van der Waals surface area (Å²) < 4.78 is 18.1. The van der Waals surface area contributed by atoms with Crippen molar-refractivity contribution in [3.63, 3.8) is 0 Å². The third-order valence-corrected chi connectivity index (χ3v) is 10.6. The van der Waals surface area contributed by atoms with Crippen molar-refractivity contribution in [1.82, 2.24) is 20.3 Å². The van der Waals surface area contributed by atoms with Crippen LogP contribution in [-0.2, 0) is 9.47 Å². The van der Waals surface area contributed by atoms with Gasteiger partial charge in [-0.1, -0.05) is 0 Å². The van der Waals surface area contributed by atoms with Crippen molar-refractivity contribution in [1.29, 1.82) is 5.26 Å². The van der Waals surface area contributed by atoms with E-state index in [9.17, 15) is 10.1 Å². The van der Waals surface area contributed by atoms with E-state index in [1.54, 1.807) is 19.5 Å². The van der Waals surface area contributed by atoms with Gasteiger partial charge in [-0.05, 0) is 0 Å². The van der Waals surface area contributed by atoms with E-state index in [0.29, 0.717) is 53.6 Å². The van der Waals surface area contributed by atoms with Gasteiger partial charge in [0.1, 0.15) is 0 Å². The zero-order valence-corrected chi connectivity index (χ0v) is 24.2. The number of hydrogen-bond acceptors (Lipinski definition) is 8. The fraction of sp³-hybridized carbons (Fsp3) is 0.615. The summed E-state index contributed by atoms with van der Waals surface area (Å²) >= 11 is 6.04. The Morgan fingerprint density at radius 2 is 2.11 bits per heavy atom. The summed E-state index contributed by atoms with van der Waals surface area (Å²) in [6, 6.07) is 5.27. The fourth-order valence-corrected chi connectivity index (χ4v) is 8.06. The summed E-state index contributed by atoms with van der Waals surface area (Å²) in [5.41, 5.74) is 0.132. The molecule has 0 aromatic carbocycles. The Morgan fingerprint density at radius 1 is 1.35 bits per heavy atom. The monoisotopic (exact) mass is 591 g/mol. The van der Waals surface area contributed by atoms with E-state index in [0.717, 1.165) is 16.7 Å². The van der Waals surface area contributed by atoms with E-state index in [-0.39, 0.29) is 12.5 Å². The maximum absolute atomic E-state index is 12.4. The van der Waals surface area contributed by atoms with Crippen LogP contribution in [0.5, 0.6) is 5.88 Å². The first-order valence-corrected chi connectivity index (χ1v) is 15.4. The molecule has 1 aliphatic carbocycles. The average Bonchev–Trinajstić information content (AvgIpc) is 2.91. The van der Waals surface area contributed by atoms with Crippen LogP contribution in [0.1, 0.15) is 45.4 Å². The molecule has 37 heavy (non-hydrogen) atoms. The van der Waals surface area contributed by atoms with Crippen LogP contribution >= 0.6 is 11.6 Å². The Labute approximate surface area is 229 Å². The zero-order chi connectivity index (χ0) is 26.3. The normalized spacial score (nSPS) is 22.5. The number of nitriles is 1. The van der Waals surface area contributed by atoms with Crippen LogP contribution in [0, 0.1) is 16.7 Å². The van der Waals surface area contributed by atoms with Gasteiger partial charge in [0.05, 0.1) is 0 Å². The Bertz CT molecular complexity index is 1140. The molecule has 0 spiro atoms. The van der Waals surface area contributed by atoms with Gasteiger partial charge in [0.25, 0.3) is 0 Å². The number of ether oxygens (including phenoxy) is 3. The molecule has 0 radical (unpaired) electrons. The molecule has 2 aromatic heterocycles. The van der Waals surface area contributed by atoms with Crippen molar-refractivity contribution < 1.29 is 14.2 Å². The van der Waals surface area contributed by atoms with Crippen LogP contribution in [0.3, 0.4) is 0 Å². The first-order valence-electron chi connectivity index (χ1n) is 12.8. The number of nitrogens with one attached hydrogen (secondary N) is 2. The van der Waals surface area contributed by atoms with E-state index >= 15 is 0 Å². The minimum absolute atomic E-state index is 0.0578. The average molecular weight is 592 g/mol. The van der Waals surface area contributed by atoms with Crippen molar-refractivity contribution >= 4 is 31.8 Å². The van der Waals surface area contributed by atoms with Crippen LogP contribution in [-0.4, -0.2) is 76.3 Å². The number of rotatable bonds is 10. The van der Waals surface area contributed by atoms with Crippen molar-refractivity contribution in [2.75, 3.05) is 33.5 Å². The molecule has 0 bridgehead atoms. The molecule has 3 heterocycles. The molecule has 11 heteroatoms. The summed E-state index contributed by atoms with van der Waals surface area (Å²) in [4.78, 5) is 24.2. The number of H-pyrrole nitrogens is 1. The van der Waals surface area contributed by atoms with Gasteiger partial charge < -0.3 is 0 Å². The van der Waals surface area contributed by atoms with Crippen molar-refractivity contribution in [3.8, 4) is 23.2 Å². The molecule has 2 fully saturated rings. The van der Waals surface area contributed by atoms with Gasteiger partial charge in [-0.3, -0.25) is 0 Å². The van der Waals surface area contributed by atoms with Gasteiger partial charge in [0.2, 0.25) is 0 Å². The molecular weight excluding hydrogens is 557 g/mol. The van der Waals surface area contributed by atoms with Gasteiger partial charge in [-0.2, -0.15) is 0 Å². The first kappa shape index (κ1) is 28.1. The molecule has 200 valence electrons. The number of methoxy groups -OCH3 is 1.